The second kappa shape index (κ2) is 5.68. The van der Waals surface area contributed by atoms with E-state index in [-0.39, 0.29) is 6.04 Å². The van der Waals surface area contributed by atoms with Gasteiger partial charge < -0.3 is 5.73 Å². The van der Waals surface area contributed by atoms with Crippen molar-refractivity contribution in [3.05, 3.63) is 69.2 Å². The molecule has 0 radical (unpaired) electrons. The minimum atomic E-state index is -0.0785. The molecular weight excluding hydrogens is 286 g/mol. The van der Waals surface area contributed by atoms with E-state index in [2.05, 4.69) is 72.2 Å². The fraction of sp³-hybridized carbons (Fsp3) is 0.250. The monoisotopic (exact) mass is 303 g/mol. The average Bonchev–Trinajstić information content (AvgIpc) is 2.41. The molecule has 0 aromatic heterocycles. The number of hydrogen-bond donors (Lipinski definition) is 1. The molecule has 0 saturated heterocycles. The first-order chi connectivity index (χ1) is 8.61. The molecule has 2 N–H and O–H groups in total. The highest BCUT2D eigenvalue weighted by atomic mass is 79.9. The predicted molar refractivity (Wildman–Crippen MR) is 80.7 cm³/mol. The Morgan fingerprint density at radius 3 is 2.39 bits per heavy atom. The molecule has 0 aliphatic carbocycles. The van der Waals surface area contributed by atoms with Crippen LogP contribution in [0.25, 0.3) is 0 Å². The third-order valence-electron chi connectivity index (χ3n) is 3.23. The maximum absolute atomic E-state index is 6.35. The lowest BCUT2D eigenvalue weighted by Crippen LogP contribution is -2.12. The van der Waals surface area contributed by atoms with Gasteiger partial charge in [0.1, 0.15) is 0 Å². The van der Waals surface area contributed by atoms with Crippen LogP contribution in [-0.2, 0) is 6.42 Å². The van der Waals surface area contributed by atoms with E-state index in [0.29, 0.717) is 0 Å². The smallest absolute Gasteiger partial charge is 0.0562 e. The molecule has 1 unspecified atom stereocenters. The van der Waals surface area contributed by atoms with Crippen LogP contribution in [0.1, 0.15) is 35.2 Å². The van der Waals surface area contributed by atoms with Crippen molar-refractivity contribution in [1.29, 1.82) is 0 Å². The van der Waals surface area contributed by atoms with Crippen LogP contribution in [0, 0.1) is 6.92 Å². The summed E-state index contributed by atoms with van der Waals surface area (Å²) >= 11 is 3.58. The Labute approximate surface area is 117 Å². The number of benzene rings is 2. The van der Waals surface area contributed by atoms with E-state index in [0.717, 1.165) is 22.0 Å². The van der Waals surface area contributed by atoms with E-state index in [9.17, 15) is 0 Å². The minimum Gasteiger partial charge on any atom is -0.320 e. The average molecular weight is 304 g/mol. The van der Waals surface area contributed by atoms with Crippen molar-refractivity contribution >= 4 is 15.9 Å². The summed E-state index contributed by atoms with van der Waals surface area (Å²) in [6.45, 7) is 4.24. The molecule has 94 valence electrons. The van der Waals surface area contributed by atoms with Crippen molar-refractivity contribution in [2.75, 3.05) is 0 Å². The summed E-state index contributed by atoms with van der Waals surface area (Å²) < 4.78 is 1.07. The van der Waals surface area contributed by atoms with Crippen molar-refractivity contribution in [3.63, 3.8) is 0 Å². The van der Waals surface area contributed by atoms with Crippen molar-refractivity contribution in [2.45, 2.75) is 26.3 Å². The first-order valence-electron chi connectivity index (χ1n) is 6.22. The van der Waals surface area contributed by atoms with E-state index >= 15 is 0 Å². The van der Waals surface area contributed by atoms with Gasteiger partial charge in [0.2, 0.25) is 0 Å². The van der Waals surface area contributed by atoms with E-state index in [1.807, 2.05) is 0 Å². The molecule has 1 nitrogen and oxygen atoms in total. The normalized spacial score (nSPS) is 12.4. The zero-order valence-corrected chi connectivity index (χ0v) is 12.4. The van der Waals surface area contributed by atoms with Crippen LogP contribution in [-0.4, -0.2) is 0 Å². The van der Waals surface area contributed by atoms with E-state index < -0.39 is 0 Å². The fourth-order valence-electron chi connectivity index (χ4n) is 2.04. The zero-order valence-electron chi connectivity index (χ0n) is 10.8. The Balaban J connectivity index is 2.34. The second-order valence-electron chi connectivity index (χ2n) is 4.60. The van der Waals surface area contributed by atoms with Crippen LogP contribution in [0.3, 0.4) is 0 Å². The molecule has 18 heavy (non-hydrogen) atoms. The molecule has 2 aromatic carbocycles. The van der Waals surface area contributed by atoms with Gasteiger partial charge in [0.25, 0.3) is 0 Å². The topological polar surface area (TPSA) is 26.0 Å². The van der Waals surface area contributed by atoms with Crippen LogP contribution in [0.5, 0.6) is 0 Å². The Kier molecular flexibility index (Phi) is 4.20. The van der Waals surface area contributed by atoms with E-state index in [1.165, 1.54) is 11.1 Å². The minimum absolute atomic E-state index is 0.0785. The molecule has 1 atom stereocenters. The van der Waals surface area contributed by atoms with Crippen LogP contribution in [0.15, 0.2) is 46.9 Å². The molecule has 0 heterocycles. The summed E-state index contributed by atoms with van der Waals surface area (Å²) in [7, 11) is 0. The van der Waals surface area contributed by atoms with Crippen molar-refractivity contribution in [2.24, 2.45) is 5.73 Å². The molecule has 2 aromatic rings. The highest BCUT2D eigenvalue weighted by Gasteiger charge is 2.12. The maximum atomic E-state index is 6.35. The van der Waals surface area contributed by atoms with Gasteiger partial charge in [-0.2, -0.15) is 0 Å². The molecular formula is C16H18BrN. The lowest BCUT2D eigenvalue weighted by molar-refractivity contribution is 0.862. The van der Waals surface area contributed by atoms with Gasteiger partial charge in [-0.25, -0.2) is 0 Å². The highest BCUT2D eigenvalue weighted by molar-refractivity contribution is 9.10. The van der Waals surface area contributed by atoms with Crippen LogP contribution in [0.2, 0.25) is 0 Å². The van der Waals surface area contributed by atoms with Gasteiger partial charge in [-0.15, -0.1) is 0 Å². The molecule has 0 aliphatic heterocycles. The van der Waals surface area contributed by atoms with Crippen molar-refractivity contribution < 1.29 is 0 Å². The zero-order chi connectivity index (χ0) is 13.1. The predicted octanol–water partition coefficient (Wildman–Crippen LogP) is 4.37. The Morgan fingerprint density at radius 1 is 1.11 bits per heavy atom. The number of nitrogens with two attached hydrogens (primary N) is 1. The SMILES string of the molecule is CCc1ccc(C(N)c2cc(C)ccc2Br)cc1. The van der Waals surface area contributed by atoms with Gasteiger partial charge >= 0.3 is 0 Å². The second-order valence-corrected chi connectivity index (χ2v) is 5.45. The number of halogens is 1. The number of aryl methyl sites for hydroxylation is 2. The lowest BCUT2D eigenvalue weighted by Gasteiger charge is -2.15. The van der Waals surface area contributed by atoms with Gasteiger partial charge in [-0.1, -0.05) is 64.8 Å². The molecule has 0 aliphatic rings. The fourth-order valence-corrected chi connectivity index (χ4v) is 2.53. The summed E-state index contributed by atoms with van der Waals surface area (Å²) in [6, 6.07) is 14.8. The van der Waals surface area contributed by atoms with Gasteiger partial charge in [0.15, 0.2) is 0 Å². The number of rotatable bonds is 3. The van der Waals surface area contributed by atoms with Crippen LogP contribution >= 0.6 is 15.9 Å². The Hall–Kier alpha value is -1.12. The molecule has 2 rings (SSSR count). The highest BCUT2D eigenvalue weighted by Crippen LogP contribution is 2.27. The largest absolute Gasteiger partial charge is 0.320 e. The number of hydrogen-bond acceptors (Lipinski definition) is 1. The summed E-state index contributed by atoms with van der Waals surface area (Å²) in [5.74, 6) is 0. The van der Waals surface area contributed by atoms with Gasteiger partial charge in [-0.05, 0) is 36.1 Å². The van der Waals surface area contributed by atoms with Crippen molar-refractivity contribution in [3.8, 4) is 0 Å². The first-order valence-corrected chi connectivity index (χ1v) is 7.01. The molecule has 2 heteroatoms. The first kappa shape index (κ1) is 13.3. The molecule has 0 amide bonds. The van der Waals surface area contributed by atoms with Crippen molar-refractivity contribution in [1.82, 2.24) is 0 Å². The van der Waals surface area contributed by atoms with Gasteiger partial charge in [-0.3, -0.25) is 0 Å². The third-order valence-corrected chi connectivity index (χ3v) is 3.96. The van der Waals surface area contributed by atoms with E-state index in [4.69, 9.17) is 5.73 Å². The Bertz CT molecular complexity index is 531. The quantitative estimate of drug-likeness (QED) is 0.895. The molecule has 0 spiro atoms. The summed E-state index contributed by atoms with van der Waals surface area (Å²) in [6.07, 6.45) is 1.06. The maximum Gasteiger partial charge on any atom is 0.0562 e. The Morgan fingerprint density at radius 2 is 1.78 bits per heavy atom. The summed E-state index contributed by atoms with van der Waals surface area (Å²) in [5.41, 5.74) is 11.2. The summed E-state index contributed by atoms with van der Waals surface area (Å²) in [5, 5.41) is 0. The van der Waals surface area contributed by atoms with Gasteiger partial charge in [0, 0.05) is 4.47 Å². The molecule has 0 bridgehead atoms. The lowest BCUT2D eigenvalue weighted by atomic mass is 9.97. The van der Waals surface area contributed by atoms with Gasteiger partial charge in [0.05, 0.1) is 6.04 Å². The molecule has 0 fully saturated rings. The van der Waals surface area contributed by atoms with E-state index in [1.54, 1.807) is 0 Å². The summed E-state index contributed by atoms with van der Waals surface area (Å²) in [4.78, 5) is 0. The third kappa shape index (κ3) is 2.82. The standard InChI is InChI=1S/C16H18BrN/c1-3-12-5-7-13(8-6-12)16(18)14-10-11(2)4-9-15(14)17/h4-10,16H,3,18H2,1-2H3. The molecule has 0 saturated carbocycles. The van der Waals surface area contributed by atoms with Crippen LogP contribution < -0.4 is 5.73 Å². The van der Waals surface area contributed by atoms with Crippen LogP contribution in [0.4, 0.5) is 0 Å².